The fourth-order valence-electron chi connectivity index (χ4n) is 1.81. The zero-order valence-corrected chi connectivity index (χ0v) is 11.6. The number of ether oxygens (including phenoxy) is 1. The normalized spacial score (nSPS) is 12.4. The Morgan fingerprint density at radius 3 is 2.71 bits per heavy atom. The molecule has 0 fully saturated rings. The van der Waals surface area contributed by atoms with E-state index in [1.807, 2.05) is 17.5 Å². The first-order chi connectivity index (χ1) is 8.27. The maximum Gasteiger partial charge on any atom is 0.348 e. The molecule has 0 saturated heterocycles. The van der Waals surface area contributed by atoms with Crippen molar-refractivity contribution >= 4 is 17.3 Å². The van der Waals surface area contributed by atoms with Gasteiger partial charge in [-0.25, -0.2) is 4.79 Å². The highest BCUT2D eigenvalue weighted by Gasteiger charge is 2.15. The summed E-state index contributed by atoms with van der Waals surface area (Å²) in [5.41, 5.74) is 0. The van der Waals surface area contributed by atoms with Crippen molar-refractivity contribution in [1.82, 2.24) is 0 Å². The topological polar surface area (TPSA) is 26.3 Å². The first kappa shape index (κ1) is 14.2. The Labute approximate surface area is 108 Å². The van der Waals surface area contributed by atoms with E-state index in [1.54, 1.807) is 0 Å². The van der Waals surface area contributed by atoms with Gasteiger partial charge in [0.25, 0.3) is 0 Å². The Morgan fingerprint density at radius 1 is 1.29 bits per heavy atom. The summed E-state index contributed by atoms with van der Waals surface area (Å²) in [4.78, 5) is 12.5. The second kappa shape index (κ2) is 8.29. The first-order valence-corrected chi connectivity index (χ1v) is 7.40. The van der Waals surface area contributed by atoms with Crippen LogP contribution in [0.1, 0.15) is 62.0 Å². The molecule has 1 aromatic heterocycles. The smallest absolute Gasteiger partial charge is 0.348 e. The van der Waals surface area contributed by atoms with Crippen LogP contribution in [0.3, 0.4) is 0 Å². The number of thiophene rings is 1. The summed E-state index contributed by atoms with van der Waals surface area (Å²) in [6, 6.07) is 3.70. The van der Waals surface area contributed by atoms with E-state index >= 15 is 0 Å². The minimum Gasteiger partial charge on any atom is -0.458 e. The highest BCUT2D eigenvalue weighted by atomic mass is 32.1. The number of carbonyl (C=O) groups is 1. The molecule has 1 atom stereocenters. The van der Waals surface area contributed by atoms with Crippen LogP contribution in [-0.2, 0) is 4.74 Å². The largest absolute Gasteiger partial charge is 0.458 e. The van der Waals surface area contributed by atoms with Crippen molar-refractivity contribution in [3.63, 3.8) is 0 Å². The molecule has 1 unspecified atom stereocenters. The van der Waals surface area contributed by atoms with Crippen LogP contribution in [0.15, 0.2) is 17.5 Å². The summed E-state index contributed by atoms with van der Waals surface area (Å²) >= 11 is 1.44. The number of rotatable bonds is 8. The summed E-state index contributed by atoms with van der Waals surface area (Å²) in [7, 11) is 0. The predicted molar refractivity (Wildman–Crippen MR) is 72.6 cm³/mol. The Balaban J connectivity index is 2.39. The summed E-state index contributed by atoms with van der Waals surface area (Å²) in [5.74, 6) is -0.157. The van der Waals surface area contributed by atoms with Crippen LogP contribution in [-0.4, -0.2) is 12.1 Å². The quantitative estimate of drug-likeness (QED) is 0.498. The second-order valence-corrected chi connectivity index (χ2v) is 5.24. The lowest BCUT2D eigenvalue weighted by molar-refractivity contribution is 0.0260. The van der Waals surface area contributed by atoms with E-state index in [-0.39, 0.29) is 12.1 Å². The van der Waals surface area contributed by atoms with Crippen LogP contribution in [0.4, 0.5) is 0 Å². The Kier molecular flexibility index (Phi) is 6.94. The van der Waals surface area contributed by atoms with Gasteiger partial charge in [-0.05, 0) is 30.7 Å². The molecule has 17 heavy (non-hydrogen) atoms. The van der Waals surface area contributed by atoms with Gasteiger partial charge in [0.05, 0.1) is 0 Å². The van der Waals surface area contributed by atoms with E-state index in [9.17, 15) is 4.79 Å². The SMILES string of the molecule is CCCCCC(CCC)OC(=O)c1cccs1. The van der Waals surface area contributed by atoms with Crippen LogP contribution in [0.25, 0.3) is 0 Å². The molecule has 0 aliphatic rings. The third-order valence-corrected chi connectivity index (χ3v) is 3.59. The molecule has 0 bridgehead atoms. The third-order valence-electron chi connectivity index (χ3n) is 2.74. The van der Waals surface area contributed by atoms with Gasteiger partial charge >= 0.3 is 5.97 Å². The Hall–Kier alpha value is -0.830. The van der Waals surface area contributed by atoms with Gasteiger partial charge in [0.15, 0.2) is 0 Å². The first-order valence-electron chi connectivity index (χ1n) is 6.52. The molecular weight excluding hydrogens is 232 g/mol. The van der Waals surface area contributed by atoms with E-state index in [0.717, 1.165) is 25.7 Å². The molecule has 1 aromatic rings. The van der Waals surface area contributed by atoms with Crippen molar-refractivity contribution in [3.8, 4) is 0 Å². The van der Waals surface area contributed by atoms with Gasteiger partial charge in [-0.15, -0.1) is 11.3 Å². The molecule has 0 saturated carbocycles. The van der Waals surface area contributed by atoms with Gasteiger partial charge < -0.3 is 4.74 Å². The Bertz CT molecular complexity index is 306. The van der Waals surface area contributed by atoms with Crippen LogP contribution in [0.2, 0.25) is 0 Å². The molecular formula is C14H22O2S. The molecule has 1 rings (SSSR count). The number of unbranched alkanes of at least 4 members (excludes halogenated alkanes) is 2. The van der Waals surface area contributed by atoms with Crippen LogP contribution < -0.4 is 0 Å². The maximum atomic E-state index is 11.8. The third kappa shape index (κ3) is 5.35. The van der Waals surface area contributed by atoms with Crippen molar-refractivity contribution in [3.05, 3.63) is 22.4 Å². The van der Waals surface area contributed by atoms with E-state index < -0.39 is 0 Å². The average molecular weight is 254 g/mol. The zero-order valence-electron chi connectivity index (χ0n) is 10.8. The molecule has 0 spiro atoms. The van der Waals surface area contributed by atoms with Crippen molar-refractivity contribution in [2.75, 3.05) is 0 Å². The Morgan fingerprint density at radius 2 is 2.12 bits per heavy atom. The molecule has 0 aliphatic heterocycles. The number of esters is 1. The molecule has 0 N–H and O–H groups in total. The second-order valence-electron chi connectivity index (χ2n) is 4.29. The minimum absolute atomic E-state index is 0.0983. The number of hydrogen-bond acceptors (Lipinski definition) is 3. The summed E-state index contributed by atoms with van der Waals surface area (Å²) < 4.78 is 5.55. The maximum absolute atomic E-state index is 11.8. The lowest BCUT2D eigenvalue weighted by atomic mass is 10.1. The van der Waals surface area contributed by atoms with Crippen LogP contribution >= 0.6 is 11.3 Å². The van der Waals surface area contributed by atoms with Gasteiger partial charge in [0, 0.05) is 0 Å². The fraction of sp³-hybridized carbons (Fsp3) is 0.643. The molecule has 96 valence electrons. The van der Waals surface area contributed by atoms with E-state index in [1.165, 1.54) is 24.2 Å². The van der Waals surface area contributed by atoms with Crippen LogP contribution in [0, 0.1) is 0 Å². The van der Waals surface area contributed by atoms with E-state index in [2.05, 4.69) is 13.8 Å². The average Bonchev–Trinajstić information content (AvgIpc) is 2.83. The molecule has 3 heteroatoms. The molecule has 1 heterocycles. The van der Waals surface area contributed by atoms with Crippen LogP contribution in [0.5, 0.6) is 0 Å². The monoisotopic (exact) mass is 254 g/mol. The minimum atomic E-state index is -0.157. The molecule has 0 amide bonds. The molecule has 0 aliphatic carbocycles. The number of carbonyl (C=O) groups excluding carboxylic acids is 1. The zero-order chi connectivity index (χ0) is 12.5. The predicted octanol–water partition coefficient (Wildman–Crippen LogP) is 4.65. The van der Waals surface area contributed by atoms with Gasteiger partial charge in [-0.2, -0.15) is 0 Å². The molecule has 2 nitrogen and oxygen atoms in total. The fourth-order valence-corrected chi connectivity index (χ4v) is 2.42. The summed E-state index contributed by atoms with van der Waals surface area (Å²) in [5, 5.41) is 1.91. The van der Waals surface area contributed by atoms with Crippen molar-refractivity contribution < 1.29 is 9.53 Å². The van der Waals surface area contributed by atoms with E-state index in [0.29, 0.717) is 4.88 Å². The van der Waals surface area contributed by atoms with Crippen molar-refractivity contribution in [1.29, 1.82) is 0 Å². The lowest BCUT2D eigenvalue weighted by Gasteiger charge is -2.16. The van der Waals surface area contributed by atoms with E-state index in [4.69, 9.17) is 4.74 Å². The van der Waals surface area contributed by atoms with Gasteiger partial charge in [-0.1, -0.05) is 39.2 Å². The van der Waals surface area contributed by atoms with Gasteiger partial charge in [-0.3, -0.25) is 0 Å². The summed E-state index contributed by atoms with van der Waals surface area (Å²) in [6.45, 7) is 4.32. The lowest BCUT2D eigenvalue weighted by Crippen LogP contribution is -2.17. The van der Waals surface area contributed by atoms with Crippen molar-refractivity contribution in [2.45, 2.75) is 58.5 Å². The highest BCUT2D eigenvalue weighted by molar-refractivity contribution is 7.11. The number of hydrogen-bond donors (Lipinski definition) is 0. The summed E-state index contributed by atoms with van der Waals surface area (Å²) in [6.07, 6.45) is 6.71. The van der Waals surface area contributed by atoms with Gasteiger partial charge in [0.2, 0.25) is 0 Å². The standard InChI is InChI=1S/C14H22O2S/c1-3-5-6-9-12(8-4-2)16-14(15)13-10-7-11-17-13/h7,10-12H,3-6,8-9H2,1-2H3. The van der Waals surface area contributed by atoms with Crippen molar-refractivity contribution in [2.24, 2.45) is 0 Å². The molecule has 0 radical (unpaired) electrons. The highest BCUT2D eigenvalue weighted by Crippen LogP contribution is 2.16. The molecule has 0 aromatic carbocycles. The van der Waals surface area contributed by atoms with Gasteiger partial charge in [0.1, 0.15) is 11.0 Å².